The first-order valence-electron chi connectivity index (χ1n) is 7.20. The minimum atomic E-state index is -0.123. The number of nitrogens with two attached hydrogens (primary N) is 1. The normalized spacial score (nSPS) is 13.3. The second-order valence-electron chi connectivity index (χ2n) is 5.52. The molecule has 0 fully saturated rings. The highest BCUT2D eigenvalue weighted by Crippen LogP contribution is 2.28. The van der Waals surface area contributed by atoms with Crippen LogP contribution in [-0.2, 0) is 13.1 Å². The lowest BCUT2D eigenvalue weighted by Gasteiger charge is -2.16. The van der Waals surface area contributed by atoms with Gasteiger partial charge in [0.15, 0.2) is 0 Å². The average Bonchev–Trinajstić information content (AvgIpc) is 2.96. The van der Waals surface area contributed by atoms with Crippen LogP contribution in [0.2, 0.25) is 0 Å². The minimum Gasteiger partial charge on any atom is -0.368 e. The average molecular weight is 369 g/mol. The third-order valence-corrected chi connectivity index (χ3v) is 4.49. The molecule has 0 saturated carbocycles. The van der Waals surface area contributed by atoms with E-state index in [1.807, 2.05) is 36.4 Å². The molecule has 0 unspecified atom stereocenters. The molecule has 0 aliphatic carbocycles. The first-order valence-corrected chi connectivity index (χ1v) is 8.00. The van der Waals surface area contributed by atoms with E-state index in [9.17, 15) is 4.79 Å². The molecule has 4 rings (SSSR count). The number of carbonyl (C=O) groups excluding carboxylic acids is 1. The Labute approximate surface area is 141 Å². The Bertz CT molecular complexity index is 941. The van der Waals surface area contributed by atoms with Crippen LogP contribution >= 0.6 is 15.9 Å². The highest BCUT2D eigenvalue weighted by atomic mass is 79.9. The zero-order valence-electron chi connectivity index (χ0n) is 12.2. The zero-order valence-corrected chi connectivity index (χ0v) is 13.7. The van der Waals surface area contributed by atoms with Crippen molar-refractivity contribution in [3.05, 3.63) is 63.8 Å². The van der Waals surface area contributed by atoms with Crippen LogP contribution in [0.3, 0.4) is 0 Å². The summed E-state index contributed by atoms with van der Waals surface area (Å²) in [5, 5.41) is 0.726. The minimum absolute atomic E-state index is 0.117. The van der Waals surface area contributed by atoms with Crippen LogP contribution in [0.1, 0.15) is 21.6 Å². The Morgan fingerprint density at radius 3 is 2.74 bits per heavy atom. The van der Waals surface area contributed by atoms with Crippen LogP contribution < -0.4 is 5.73 Å². The summed E-state index contributed by atoms with van der Waals surface area (Å²) in [6.45, 7) is 1.16. The molecule has 23 heavy (non-hydrogen) atoms. The molecule has 1 aromatic heterocycles. The number of nitrogen functional groups attached to an aromatic ring is 1. The first-order chi connectivity index (χ1) is 11.1. The van der Waals surface area contributed by atoms with Crippen LogP contribution in [0, 0.1) is 0 Å². The molecule has 1 aliphatic heterocycles. The van der Waals surface area contributed by atoms with E-state index in [0.29, 0.717) is 24.3 Å². The molecule has 3 aromatic rings. The smallest absolute Gasteiger partial charge is 0.273 e. The molecule has 114 valence electrons. The van der Waals surface area contributed by atoms with Crippen LogP contribution in [-0.4, -0.2) is 20.8 Å². The van der Waals surface area contributed by atoms with Crippen molar-refractivity contribution < 1.29 is 4.79 Å². The third kappa shape index (κ3) is 2.45. The van der Waals surface area contributed by atoms with Gasteiger partial charge in [-0.05, 0) is 29.3 Å². The van der Waals surface area contributed by atoms with Gasteiger partial charge in [0, 0.05) is 22.9 Å². The number of anilines is 1. The lowest BCUT2D eigenvalue weighted by atomic mass is 10.1. The van der Waals surface area contributed by atoms with Gasteiger partial charge in [0.1, 0.15) is 5.69 Å². The summed E-state index contributed by atoms with van der Waals surface area (Å²) in [7, 11) is 0. The summed E-state index contributed by atoms with van der Waals surface area (Å²) in [6, 6.07) is 13.5. The highest BCUT2D eigenvalue weighted by Gasteiger charge is 2.26. The maximum atomic E-state index is 12.9. The van der Waals surface area contributed by atoms with Gasteiger partial charge < -0.3 is 10.6 Å². The molecule has 5 nitrogen and oxygen atoms in total. The molecular formula is C17H13BrN4O. The predicted octanol–water partition coefficient (Wildman–Crippen LogP) is 3.13. The number of amides is 1. The van der Waals surface area contributed by atoms with Gasteiger partial charge in [-0.25, -0.2) is 9.97 Å². The number of nitrogens with zero attached hydrogens (tertiary/aromatic N) is 3. The molecule has 0 atom stereocenters. The quantitative estimate of drug-likeness (QED) is 0.715. The fourth-order valence-electron chi connectivity index (χ4n) is 2.91. The van der Waals surface area contributed by atoms with Crippen molar-refractivity contribution in [2.45, 2.75) is 13.1 Å². The van der Waals surface area contributed by atoms with Gasteiger partial charge in [-0.3, -0.25) is 4.79 Å². The van der Waals surface area contributed by atoms with Crippen LogP contribution in [0.15, 0.2) is 46.9 Å². The van der Waals surface area contributed by atoms with E-state index < -0.39 is 0 Å². The predicted molar refractivity (Wildman–Crippen MR) is 91.7 cm³/mol. The Hall–Kier alpha value is -2.47. The Kier molecular flexibility index (Phi) is 3.27. The second-order valence-corrected chi connectivity index (χ2v) is 6.44. The summed E-state index contributed by atoms with van der Waals surface area (Å²) in [4.78, 5) is 23.1. The highest BCUT2D eigenvalue weighted by molar-refractivity contribution is 9.10. The van der Waals surface area contributed by atoms with Crippen molar-refractivity contribution >= 4 is 38.7 Å². The summed E-state index contributed by atoms with van der Waals surface area (Å²) in [5.74, 6) is -0.00544. The third-order valence-electron chi connectivity index (χ3n) is 4.00. The molecule has 2 N–H and O–H groups in total. The number of halogens is 1. The first kappa shape index (κ1) is 14.1. The van der Waals surface area contributed by atoms with E-state index in [2.05, 4.69) is 32.0 Å². The van der Waals surface area contributed by atoms with Gasteiger partial charge in [0.25, 0.3) is 5.91 Å². The van der Waals surface area contributed by atoms with Crippen molar-refractivity contribution in [2.24, 2.45) is 0 Å². The maximum Gasteiger partial charge on any atom is 0.273 e. The van der Waals surface area contributed by atoms with Crippen molar-refractivity contribution in [3.8, 4) is 0 Å². The Balaban J connectivity index is 1.74. The fraction of sp³-hybridized carbons (Fsp3) is 0.118. The topological polar surface area (TPSA) is 72.1 Å². The van der Waals surface area contributed by atoms with Crippen molar-refractivity contribution in [1.82, 2.24) is 14.9 Å². The number of benzene rings is 2. The lowest BCUT2D eigenvalue weighted by Crippen LogP contribution is -2.27. The number of hydrogen-bond donors (Lipinski definition) is 1. The largest absolute Gasteiger partial charge is 0.368 e. The molecule has 2 aromatic carbocycles. The fourth-order valence-corrected chi connectivity index (χ4v) is 3.32. The molecule has 0 bridgehead atoms. The van der Waals surface area contributed by atoms with Gasteiger partial charge in [-0.15, -0.1) is 0 Å². The number of hydrogen-bond acceptors (Lipinski definition) is 4. The van der Waals surface area contributed by atoms with Crippen molar-refractivity contribution in [1.29, 1.82) is 0 Å². The maximum absolute atomic E-state index is 12.9. The standard InChI is InChI=1S/C17H13BrN4O/c18-12-6-5-10-8-22(9-11(10)7-12)16(23)15-13-3-1-2-4-14(13)20-17(19)21-15/h1-7H,8-9H2,(H2,19,20,21). The van der Waals surface area contributed by atoms with Gasteiger partial charge in [0.05, 0.1) is 5.52 Å². The summed E-state index contributed by atoms with van der Waals surface area (Å²) >= 11 is 3.47. The molecule has 0 saturated heterocycles. The van der Waals surface area contributed by atoms with Crippen LogP contribution in [0.5, 0.6) is 0 Å². The number of para-hydroxylation sites is 1. The molecule has 1 aliphatic rings. The number of aromatic nitrogens is 2. The Morgan fingerprint density at radius 1 is 1.09 bits per heavy atom. The van der Waals surface area contributed by atoms with Gasteiger partial charge in [-0.2, -0.15) is 0 Å². The van der Waals surface area contributed by atoms with Gasteiger partial charge >= 0.3 is 0 Å². The van der Waals surface area contributed by atoms with Gasteiger partial charge in [-0.1, -0.05) is 40.2 Å². The number of fused-ring (bicyclic) bond motifs is 2. The van der Waals surface area contributed by atoms with E-state index in [0.717, 1.165) is 21.0 Å². The lowest BCUT2D eigenvalue weighted by molar-refractivity contribution is 0.0747. The molecule has 0 radical (unpaired) electrons. The molecular weight excluding hydrogens is 356 g/mol. The molecule has 1 amide bonds. The van der Waals surface area contributed by atoms with E-state index in [4.69, 9.17) is 5.73 Å². The monoisotopic (exact) mass is 368 g/mol. The number of carbonyl (C=O) groups is 1. The van der Waals surface area contributed by atoms with Crippen molar-refractivity contribution in [3.63, 3.8) is 0 Å². The van der Waals surface area contributed by atoms with Gasteiger partial charge in [0.2, 0.25) is 5.95 Å². The van der Waals surface area contributed by atoms with E-state index >= 15 is 0 Å². The van der Waals surface area contributed by atoms with E-state index in [1.54, 1.807) is 4.90 Å². The van der Waals surface area contributed by atoms with E-state index in [1.165, 1.54) is 0 Å². The molecule has 2 heterocycles. The summed E-state index contributed by atoms with van der Waals surface area (Å²) in [6.07, 6.45) is 0. The van der Waals surface area contributed by atoms with Crippen LogP contribution in [0.4, 0.5) is 5.95 Å². The summed E-state index contributed by atoms with van der Waals surface area (Å²) < 4.78 is 1.02. The summed E-state index contributed by atoms with van der Waals surface area (Å²) in [5.41, 5.74) is 9.12. The van der Waals surface area contributed by atoms with Crippen molar-refractivity contribution in [2.75, 3.05) is 5.73 Å². The number of rotatable bonds is 1. The van der Waals surface area contributed by atoms with E-state index in [-0.39, 0.29) is 11.9 Å². The zero-order chi connectivity index (χ0) is 16.0. The Morgan fingerprint density at radius 2 is 1.87 bits per heavy atom. The SMILES string of the molecule is Nc1nc(C(=O)N2Cc3ccc(Br)cc3C2)c2ccccc2n1. The molecule has 0 spiro atoms. The van der Waals surface area contributed by atoms with Crippen LogP contribution in [0.25, 0.3) is 10.9 Å². The molecule has 6 heteroatoms. The second kappa shape index (κ2) is 5.31.